The monoisotopic (exact) mass is 393 g/mol. The number of nitrogens with one attached hydrogen (secondary N) is 1. The van der Waals surface area contributed by atoms with Gasteiger partial charge in [-0.1, -0.05) is 60.1 Å². The molecule has 0 fully saturated rings. The van der Waals surface area contributed by atoms with Gasteiger partial charge in [-0.15, -0.1) is 10.2 Å². The molecule has 0 unspecified atom stereocenters. The average molecular weight is 394 g/mol. The van der Waals surface area contributed by atoms with Crippen molar-refractivity contribution in [2.75, 3.05) is 5.32 Å². The van der Waals surface area contributed by atoms with Crippen LogP contribution in [0.5, 0.6) is 0 Å². The molecule has 0 aliphatic heterocycles. The minimum atomic E-state index is -0.280. The Hall–Kier alpha value is -3.52. The number of carbonyl (C=O) groups excluding carboxylic acids is 1. The van der Waals surface area contributed by atoms with Crippen molar-refractivity contribution in [3.8, 4) is 11.4 Å². The largest absolute Gasteiger partial charge is 0.309 e. The number of nitrogens with zero attached hydrogens (tertiary/aromatic N) is 6. The van der Waals surface area contributed by atoms with Crippen LogP contribution in [0.1, 0.15) is 5.56 Å². The minimum absolute atomic E-state index is 0.0584. The van der Waals surface area contributed by atoms with Gasteiger partial charge in [0.25, 0.3) is 0 Å². The molecule has 0 radical (unpaired) electrons. The van der Waals surface area contributed by atoms with Crippen LogP contribution in [-0.2, 0) is 17.9 Å². The lowest BCUT2D eigenvalue weighted by Gasteiger charge is -2.10. The lowest BCUT2D eigenvalue weighted by Crippen LogP contribution is -2.22. The van der Waals surface area contributed by atoms with Crippen molar-refractivity contribution in [1.29, 1.82) is 0 Å². The van der Waals surface area contributed by atoms with Crippen LogP contribution in [0.2, 0.25) is 5.02 Å². The Morgan fingerprint density at radius 1 is 1.04 bits per heavy atom. The van der Waals surface area contributed by atoms with Gasteiger partial charge in [-0.25, -0.2) is 4.68 Å². The molecule has 0 aliphatic carbocycles. The molecule has 4 aromatic rings. The third-order valence-electron chi connectivity index (χ3n) is 4.03. The summed E-state index contributed by atoms with van der Waals surface area (Å²) >= 11 is 6.20. The van der Waals surface area contributed by atoms with Crippen LogP contribution in [0.3, 0.4) is 0 Å². The molecule has 0 saturated heterocycles. The Balaban J connectivity index is 1.42. The summed E-state index contributed by atoms with van der Waals surface area (Å²) in [5.74, 6) is 0.753. The first kappa shape index (κ1) is 17.9. The SMILES string of the molecule is O=C(Cn1nnc(-c2ccccc2)n1)Nc1ccnn1Cc1ccccc1Cl. The van der Waals surface area contributed by atoms with Crippen LogP contribution in [0, 0.1) is 0 Å². The zero-order valence-corrected chi connectivity index (χ0v) is 15.5. The number of amides is 1. The van der Waals surface area contributed by atoms with Gasteiger partial charge in [-0.05, 0) is 16.8 Å². The van der Waals surface area contributed by atoms with Crippen molar-refractivity contribution in [2.45, 2.75) is 13.1 Å². The van der Waals surface area contributed by atoms with Crippen molar-refractivity contribution < 1.29 is 4.79 Å². The number of hydrogen-bond donors (Lipinski definition) is 1. The summed E-state index contributed by atoms with van der Waals surface area (Å²) in [7, 11) is 0. The fraction of sp³-hybridized carbons (Fsp3) is 0.105. The predicted molar refractivity (Wildman–Crippen MR) is 105 cm³/mol. The molecule has 1 amide bonds. The molecule has 0 saturated carbocycles. The summed E-state index contributed by atoms with van der Waals surface area (Å²) < 4.78 is 1.67. The Morgan fingerprint density at radius 2 is 1.82 bits per heavy atom. The maximum Gasteiger partial charge on any atom is 0.249 e. The second-order valence-corrected chi connectivity index (χ2v) is 6.43. The van der Waals surface area contributed by atoms with Crippen LogP contribution >= 0.6 is 11.6 Å². The maximum atomic E-state index is 12.4. The van der Waals surface area contributed by atoms with E-state index in [4.69, 9.17) is 11.6 Å². The molecule has 140 valence electrons. The molecule has 0 atom stereocenters. The first-order chi connectivity index (χ1) is 13.7. The highest BCUT2D eigenvalue weighted by Crippen LogP contribution is 2.18. The topological polar surface area (TPSA) is 90.5 Å². The number of aromatic nitrogens is 6. The molecule has 2 aromatic heterocycles. The van der Waals surface area contributed by atoms with Crippen LogP contribution in [0.25, 0.3) is 11.4 Å². The molecular formula is C19H16ClN7O. The Kier molecular flexibility index (Phi) is 5.11. The van der Waals surface area contributed by atoms with E-state index in [1.54, 1.807) is 16.9 Å². The summed E-state index contributed by atoms with van der Waals surface area (Å²) in [5.41, 5.74) is 1.75. The van der Waals surface area contributed by atoms with E-state index in [2.05, 4.69) is 25.8 Å². The molecule has 9 heteroatoms. The van der Waals surface area contributed by atoms with Crippen molar-refractivity contribution in [2.24, 2.45) is 0 Å². The summed E-state index contributed by atoms with van der Waals surface area (Å²) in [4.78, 5) is 13.6. The van der Waals surface area contributed by atoms with Crippen molar-refractivity contribution in [1.82, 2.24) is 30.0 Å². The molecule has 2 aromatic carbocycles. The molecule has 0 bridgehead atoms. The Bertz CT molecular complexity index is 1090. The van der Waals surface area contributed by atoms with E-state index < -0.39 is 0 Å². The summed E-state index contributed by atoms with van der Waals surface area (Å²) in [6.07, 6.45) is 1.62. The van der Waals surface area contributed by atoms with Crippen LogP contribution in [0.4, 0.5) is 5.82 Å². The standard InChI is InChI=1S/C19H16ClN7O/c20-16-9-5-4-8-15(16)12-26-17(10-11-21-26)22-18(28)13-27-24-19(23-25-27)14-6-2-1-3-7-14/h1-11H,12-13H2,(H,22,28). The average Bonchev–Trinajstić information content (AvgIpc) is 3.34. The van der Waals surface area contributed by atoms with Gasteiger partial charge < -0.3 is 5.32 Å². The number of rotatable bonds is 6. The van der Waals surface area contributed by atoms with Gasteiger partial charge in [-0.2, -0.15) is 9.90 Å². The van der Waals surface area contributed by atoms with Crippen molar-refractivity contribution in [3.63, 3.8) is 0 Å². The summed E-state index contributed by atoms with van der Waals surface area (Å²) in [6, 6.07) is 18.7. The number of halogens is 1. The lowest BCUT2D eigenvalue weighted by atomic mass is 10.2. The Labute approximate surface area is 165 Å². The predicted octanol–water partition coefficient (Wildman–Crippen LogP) is 2.88. The molecule has 8 nitrogen and oxygen atoms in total. The van der Waals surface area contributed by atoms with Crippen LogP contribution in [0.15, 0.2) is 66.9 Å². The summed E-state index contributed by atoms with van der Waals surface area (Å²) in [5, 5.41) is 19.9. The first-order valence-electron chi connectivity index (χ1n) is 8.57. The second kappa shape index (κ2) is 8.01. The van der Waals surface area contributed by atoms with Gasteiger partial charge >= 0.3 is 0 Å². The van der Waals surface area contributed by atoms with E-state index in [9.17, 15) is 4.79 Å². The lowest BCUT2D eigenvalue weighted by molar-refractivity contribution is -0.117. The van der Waals surface area contributed by atoms with Crippen LogP contribution < -0.4 is 5.32 Å². The first-order valence-corrected chi connectivity index (χ1v) is 8.95. The highest BCUT2D eigenvalue weighted by atomic mass is 35.5. The second-order valence-electron chi connectivity index (χ2n) is 6.02. The third kappa shape index (κ3) is 4.07. The molecule has 0 spiro atoms. The number of anilines is 1. The van der Waals surface area contributed by atoms with Crippen molar-refractivity contribution >= 4 is 23.3 Å². The highest BCUT2D eigenvalue weighted by molar-refractivity contribution is 6.31. The number of carbonyl (C=O) groups is 1. The number of benzene rings is 2. The van der Waals surface area contributed by atoms with Gasteiger partial charge in [0.15, 0.2) is 0 Å². The third-order valence-corrected chi connectivity index (χ3v) is 4.40. The van der Waals surface area contributed by atoms with Gasteiger partial charge in [0, 0.05) is 16.7 Å². The van der Waals surface area contributed by atoms with E-state index in [0.29, 0.717) is 23.2 Å². The smallest absolute Gasteiger partial charge is 0.249 e. The van der Waals surface area contributed by atoms with Crippen molar-refractivity contribution in [3.05, 3.63) is 77.4 Å². The van der Waals surface area contributed by atoms with E-state index in [1.807, 2.05) is 54.6 Å². The van der Waals surface area contributed by atoms with Gasteiger partial charge in [-0.3, -0.25) is 4.79 Å². The maximum absolute atomic E-state index is 12.4. The highest BCUT2D eigenvalue weighted by Gasteiger charge is 2.12. The quantitative estimate of drug-likeness (QED) is 0.544. The van der Waals surface area contributed by atoms with Gasteiger partial charge in [0.2, 0.25) is 11.7 Å². The minimum Gasteiger partial charge on any atom is -0.309 e. The Morgan fingerprint density at radius 3 is 2.64 bits per heavy atom. The fourth-order valence-corrected chi connectivity index (χ4v) is 2.87. The van der Waals surface area contributed by atoms with E-state index in [1.165, 1.54) is 4.80 Å². The van der Waals surface area contributed by atoms with E-state index >= 15 is 0 Å². The fourth-order valence-electron chi connectivity index (χ4n) is 2.68. The van der Waals surface area contributed by atoms with Gasteiger partial charge in [0.05, 0.1) is 12.7 Å². The molecule has 2 heterocycles. The van der Waals surface area contributed by atoms with Crippen LogP contribution in [-0.4, -0.2) is 35.9 Å². The van der Waals surface area contributed by atoms with E-state index in [0.717, 1.165) is 11.1 Å². The number of tetrazole rings is 1. The molecule has 0 aliphatic rings. The number of hydrogen-bond acceptors (Lipinski definition) is 5. The molecule has 4 rings (SSSR count). The molecular weight excluding hydrogens is 378 g/mol. The summed E-state index contributed by atoms with van der Waals surface area (Å²) in [6.45, 7) is 0.388. The zero-order valence-electron chi connectivity index (χ0n) is 14.7. The normalized spacial score (nSPS) is 10.8. The molecule has 28 heavy (non-hydrogen) atoms. The molecule has 1 N–H and O–H groups in total. The van der Waals surface area contributed by atoms with Gasteiger partial charge in [0.1, 0.15) is 12.4 Å². The van der Waals surface area contributed by atoms with E-state index in [-0.39, 0.29) is 12.5 Å². The zero-order chi connectivity index (χ0) is 19.3.